The minimum absolute atomic E-state index is 0.174. The first kappa shape index (κ1) is 19.9. The van der Waals surface area contributed by atoms with Gasteiger partial charge in [-0.2, -0.15) is 5.26 Å². The molecule has 0 aromatic heterocycles. The van der Waals surface area contributed by atoms with Crippen molar-refractivity contribution >= 4 is 23.4 Å². The number of nitriles is 1. The Labute approximate surface area is 179 Å². The number of fused-ring (bicyclic) bond motifs is 1. The number of nitrogens with zero attached hydrogens (tertiary/aromatic N) is 1. The van der Waals surface area contributed by atoms with Crippen LogP contribution < -0.4 is 14.8 Å². The van der Waals surface area contributed by atoms with Gasteiger partial charge in [0.2, 0.25) is 0 Å². The number of hydrogen-bond donors (Lipinski definition) is 1. The van der Waals surface area contributed by atoms with E-state index in [2.05, 4.69) is 11.4 Å². The number of carbonyl (C=O) groups is 1. The third-order valence-corrected chi connectivity index (χ3v) is 5.76. The monoisotopic (exact) mass is 416 g/mol. The van der Waals surface area contributed by atoms with E-state index in [1.165, 1.54) is 0 Å². The summed E-state index contributed by atoms with van der Waals surface area (Å²) in [7, 11) is 0. The van der Waals surface area contributed by atoms with Crippen molar-refractivity contribution < 1.29 is 14.3 Å². The number of ether oxygens (including phenoxy) is 2. The second kappa shape index (κ2) is 9.38. The van der Waals surface area contributed by atoms with Crippen LogP contribution in [-0.2, 0) is 5.75 Å². The summed E-state index contributed by atoms with van der Waals surface area (Å²) in [5.41, 5.74) is 3.01. The Morgan fingerprint density at radius 3 is 2.57 bits per heavy atom. The lowest BCUT2D eigenvalue weighted by Crippen LogP contribution is -2.13. The number of anilines is 1. The van der Waals surface area contributed by atoms with E-state index in [1.807, 2.05) is 48.5 Å². The third-order valence-electron chi connectivity index (χ3n) is 4.61. The number of thioether (sulfide) groups is 1. The quantitative estimate of drug-likeness (QED) is 0.574. The van der Waals surface area contributed by atoms with E-state index in [9.17, 15) is 4.79 Å². The Morgan fingerprint density at radius 1 is 1.00 bits per heavy atom. The predicted octanol–water partition coefficient (Wildman–Crippen LogP) is 5.26. The molecule has 3 aromatic carbocycles. The van der Waals surface area contributed by atoms with Crippen LogP contribution in [0.2, 0.25) is 0 Å². The van der Waals surface area contributed by atoms with Crippen LogP contribution in [0.3, 0.4) is 0 Å². The van der Waals surface area contributed by atoms with Crippen molar-refractivity contribution in [2.75, 3.05) is 18.5 Å². The standard InChI is InChI=1S/C24H20N2O3S/c25-15-17-6-8-18(9-7-17)16-30-23-5-2-1-4-20(23)24(27)26-19-10-11-21-22(14-19)29-13-3-12-28-21/h1-2,4-11,14H,3,12-13,16H2,(H,26,27). The normalized spacial score (nSPS) is 12.5. The van der Waals surface area contributed by atoms with Gasteiger partial charge in [0, 0.05) is 28.8 Å². The fraction of sp³-hybridized carbons (Fsp3) is 0.167. The topological polar surface area (TPSA) is 71.4 Å². The maximum atomic E-state index is 12.9. The second-order valence-corrected chi connectivity index (χ2v) is 7.78. The Hall–Kier alpha value is -3.43. The summed E-state index contributed by atoms with van der Waals surface area (Å²) in [6, 6.07) is 22.6. The maximum Gasteiger partial charge on any atom is 0.256 e. The molecule has 0 saturated heterocycles. The summed E-state index contributed by atoms with van der Waals surface area (Å²) in [5, 5.41) is 11.9. The SMILES string of the molecule is N#Cc1ccc(CSc2ccccc2C(=O)Nc2ccc3c(c2)OCCCO3)cc1. The molecule has 6 heteroatoms. The molecule has 1 aliphatic rings. The van der Waals surface area contributed by atoms with E-state index >= 15 is 0 Å². The molecule has 0 radical (unpaired) electrons. The zero-order valence-corrected chi connectivity index (χ0v) is 17.1. The summed E-state index contributed by atoms with van der Waals surface area (Å²) in [5.74, 6) is 1.88. The minimum atomic E-state index is -0.174. The number of amides is 1. The number of rotatable bonds is 5. The van der Waals surface area contributed by atoms with E-state index in [-0.39, 0.29) is 5.91 Å². The first-order chi connectivity index (χ1) is 14.7. The smallest absolute Gasteiger partial charge is 0.256 e. The van der Waals surface area contributed by atoms with Crippen LogP contribution in [0.4, 0.5) is 5.69 Å². The van der Waals surface area contributed by atoms with Crippen molar-refractivity contribution in [3.05, 3.63) is 83.4 Å². The fourth-order valence-corrected chi connectivity index (χ4v) is 4.06. The van der Waals surface area contributed by atoms with E-state index in [0.29, 0.717) is 47.3 Å². The van der Waals surface area contributed by atoms with Gasteiger partial charge < -0.3 is 14.8 Å². The molecule has 1 heterocycles. The van der Waals surface area contributed by atoms with Gasteiger partial charge in [-0.3, -0.25) is 4.79 Å². The van der Waals surface area contributed by atoms with Crippen LogP contribution in [0, 0.1) is 11.3 Å². The third kappa shape index (κ3) is 4.76. The molecule has 0 bridgehead atoms. The van der Waals surface area contributed by atoms with Crippen molar-refractivity contribution in [2.45, 2.75) is 17.1 Å². The minimum Gasteiger partial charge on any atom is -0.490 e. The molecule has 1 aliphatic heterocycles. The predicted molar refractivity (Wildman–Crippen MR) is 117 cm³/mol. The Balaban J connectivity index is 1.47. The van der Waals surface area contributed by atoms with Gasteiger partial charge in [0.05, 0.1) is 30.4 Å². The Kier molecular flexibility index (Phi) is 6.21. The second-order valence-electron chi connectivity index (χ2n) is 6.76. The summed E-state index contributed by atoms with van der Waals surface area (Å²) >= 11 is 1.59. The maximum absolute atomic E-state index is 12.9. The number of hydrogen-bond acceptors (Lipinski definition) is 5. The number of benzene rings is 3. The van der Waals surface area contributed by atoms with Crippen LogP contribution >= 0.6 is 11.8 Å². The van der Waals surface area contributed by atoms with Crippen molar-refractivity contribution in [1.29, 1.82) is 5.26 Å². The molecule has 5 nitrogen and oxygen atoms in total. The van der Waals surface area contributed by atoms with Crippen molar-refractivity contribution in [3.63, 3.8) is 0 Å². The molecule has 1 N–H and O–H groups in total. The molecule has 0 atom stereocenters. The average Bonchev–Trinajstić information content (AvgIpc) is 3.03. The Morgan fingerprint density at radius 2 is 1.77 bits per heavy atom. The summed E-state index contributed by atoms with van der Waals surface area (Å²) < 4.78 is 11.3. The van der Waals surface area contributed by atoms with Gasteiger partial charge in [0.1, 0.15) is 0 Å². The number of carbonyl (C=O) groups excluding carboxylic acids is 1. The van der Waals surface area contributed by atoms with E-state index in [0.717, 1.165) is 16.9 Å². The molecule has 4 rings (SSSR count). The molecule has 30 heavy (non-hydrogen) atoms. The van der Waals surface area contributed by atoms with Gasteiger partial charge in [0.25, 0.3) is 5.91 Å². The molecular formula is C24H20N2O3S. The highest BCUT2D eigenvalue weighted by Crippen LogP contribution is 2.33. The molecule has 0 fully saturated rings. The van der Waals surface area contributed by atoms with Crippen molar-refractivity contribution in [3.8, 4) is 17.6 Å². The molecule has 3 aromatic rings. The molecule has 0 aliphatic carbocycles. The molecule has 0 saturated carbocycles. The lowest BCUT2D eigenvalue weighted by molar-refractivity contribution is 0.102. The van der Waals surface area contributed by atoms with Crippen LogP contribution in [0.25, 0.3) is 0 Å². The van der Waals surface area contributed by atoms with Crippen LogP contribution in [0.1, 0.15) is 27.9 Å². The molecule has 150 valence electrons. The van der Waals surface area contributed by atoms with Crippen molar-refractivity contribution in [2.24, 2.45) is 0 Å². The highest BCUT2D eigenvalue weighted by Gasteiger charge is 2.15. The zero-order chi connectivity index (χ0) is 20.8. The largest absolute Gasteiger partial charge is 0.490 e. The average molecular weight is 417 g/mol. The lowest BCUT2D eigenvalue weighted by Gasteiger charge is -2.12. The van der Waals surface area contributed by atoms with Gasteiger partial charge in [-0.15, -0.1) is 11.8 Å². The molecular weight excluding hydrogens is 396 g/mol. The lowest BCUT2D eigenvalue weighted by atomic mass is 10.2. The van der Waals surface area contributed by atoms with Gasteiger partial charge in [-0.25, -0.2) is 0 Å². The van der Waals surface area contributed by atoms with Crippen LogP contribution in [-0.4, -0.2) is 19.1 Å². The van der Waals surface area contributed by atoms with Gasteiger partial charge in [-0.1, -0.05) is 24.3 Å². The molecule has 1 amide bonds. The Bertz CT molecular complexity index is 1090. The van der Waals surface area contributed by atoms with E-state index < -0.39 is 0 Å². The number of nitrogens with one attached hydrogen (secondary N) is 1. The zero-order valence-electron chi connectivity index (χ0n) is 16.3. The van der Waals surface area contributed by atoms with Gasteiger partial charge in [0.15, 0.2) is 11.5 Å². The summed E-state index contributed by atoms with van der Waals surface area (Å²) in [4.78, 5) is 13.8. The summed E-state index contributed by atoms with van der Waals surface area (Å²) in [6.07, 6.45) is 0.834. The first-order valence-corrected chi connectivity index (χ1v) is 10.6. The fourth-order valence-electron chi connectivity index (χ4n) is 3.06. The highest BCUT2D eigenvalue weighted by molar-refractivity contribution is 7.98. The summed E-state index contributed by atoms with van der Waals surface area (Å²) in [6.45, 7) is 1.22. The van der Waals surface area contributed by atoms with Crippen LogP contribution in [0.5, 0.6) is 11.5 Å². The molecule has 0 unspecified atom stereocenters. The van der Waals surface area contributed by atoms with Crippen LogP contribution in [0.15, 0.2) is 71.6 Å². The van der Waals surface area contributed by atoms with Gasteiger partial charge >= 0.3 is 0 Å². The highest BCUT2D eigenvalue weighted by atomic mass is 32.2. The first-order valence-electron chi connectivity index (χ1n) is 9.65. The van der Waals surface area contributed by atoms with Crippen molar-refractivity contribution in [1.82, 2.24) is 0 Å². The van der Waals surface area contributed by atoms with E-state index in [4.69, 9.17) is 14.7 Å². The molecule has 0 spiro atoms. The van der Waals surface area contributed by atoms with E-state index in [1.54, 1.807) is 30.0 Å². The van der Waals surface area contributed by atoms with Gasteiger partial charge in [-0.05, 0) is 42.0 Å².